The molecule has 0 bridgehead atoms. The van der Waals surface area contributed by atoms with E-state index in [0.29, 0.717) is 21.6 Å². The van der Waals surface area contributed by atoms with Gasteiger partial charge in [0.2, 0.25) is 5.91 Å². The van der Waals surface area contributed by atoms with Crippen LogP contribution >= 0.6 is 15.9 Å². The lowest BCUT2D eigenvalue weighted by Gasteiger charge is -2.33. The topological polar surface area (TPSA) is 88.6 Å². The van der Waals surface area contributed by atoms with Crippen LogP contribution in [0, 0.1) is 19.8 Å². The van der Waals surface area contributed by atoms with Crippen molar-refractivity contribution >= 4 is 39.1 Å². The van der Waals surface area contributed by atoms with Gasteiger partial charge in [-0.2, -0.15) is 0 Å². The van der Waals surface area contributed by atoms with E-state index >= 15 is 0 Å². The molecule has 2 amide bonds. The maximum absolute atomic E-state index is 12.8. The first kappa shape index (κ1) is 18.5. The fraction of sp³-hybridized carbons (Fsp3) is 0.368. The van der Waals surface area contributed by atoms with Crippen molar-refractivity contribution in [2.24, 2.45) is 11.7 Å². The Bertz CT molecular complexity index is 839. The molecular formula is C19H22BrN3O3. The Morgan fingerprint density at radius 1 is 1.19 bits per heavy atom. The van der Waals surface area contributed by atoms with Crippen LogP contribution in [0.15, 0.2) is 33.2 Å². The summed E-state index contributed by atoms with van der Waals surface area (Å²) < 4.78 is 6.20. The van der Waals surface area contributed by atoms with Crippen LogP contribution in [0.5, 0.6) is 0 Å². The van der Waals surface area contributed by atoms with Gasteiger partial charge in [0.1, 0.15) is 11.5 Å². The predicted octanol–water partition coefficient (Wildman–Crippen LogP) is 3.61. The second-order valence-corrected chi connectivity index (χ2v) is 7.33. The van der Waals surface area contributed by atoms with Crippen molar-refractivity contribution in [3.8, 4) is 0 Å². The van der Waals surface area contributed by atoms with Crippen molar-refractivity contribution in [2.45, 2.75) is 26.7 Å². The first-order valence-electron chi connectivity index (χ1n) is 8.58. The number of nitrogens with zero attached hydrogens (tertiary/aromatic N) is 1. The summed E-state index contributed by atoms with van der Waals surface area (Å²) in [4.78, 5) is 26.3. The summed E-state index contributed by atoms with van der Waals surface area (Å²) in [7, 11) is 0. The van der Waals surface area contributed by atoms with Gasteiger partial charge in [-0.05, 0) is 54.8 Å². The number of benzene rings is 1. The number of para-hydroxylation sites is 2. The van der Waals surface area contributed by atoms with E-state index in [0.717, 1.165) is 37.3 Å². The van der Waals surface area contributed by atoms with Gasteiger partial charge < -0.3 is 20.4 Å². The Morgan fingerprint density at radius 2 is 1.85 bits per heavy atom. The number of amides is 2. The van der Waals surface area contributed by atoms with Crippen LogP contribution in [0.1, 0.15) is 34.7 Å². The van der Waals surface area contributed by atoms with Gasteiger partial charge in [-0.15, -0.1) is 0 Å². The molecule has 138 valence electrons. The number of halogens is 1. The molecule has 1 aromatic heterocycles. The molecule has 3 rings (SSSR count). The van der Waals surface area contributed by atoms with Crippen molar-refractivity contribution in [3.63, 3.8) is 0 Å². The third-order valence-corrected chi connectivity index (χ3v) is 5.76. The van der Waals surface area contributed by atoms with Crippen LogP contribution in [-0.2, 0) is 4.79 Å². The van der Waals surface area contributed by atoms with Crippen LogP contribution in [-0.4, -0.2) is 24.9 Å². The summed E-state index contributed by atoms with van der Waals surface area (Å²) in [5.74, 6) is 0.731. The lowest BCUT2D eigenvalue weighted by molar-refractivity contribution is -0.122. The molecule has 0 atom stereocenters. The maximum atomic E-state index is 12.8. The minimum Gasteiger partial charge on any atom is -0.465 e. The van der Waals surface area contributed by atoms with E-state index < -0.39 is 0 Å². The zero-order valence-corrected chi connectivity index (χ0v) is 16.4. The normalized spacial score (nSPS) is 15.1. The number of hydrogen-bond acceptors (Lipinski definition) is 4. The summed E-state index contributed by atoms with van der Waals surface area (Å²) in [6, 6.07) is 7.68. The highest BCUT2D eigenvalue weighted by atomic mass is 79.9. The fourth-order valence-corrected chi connectivity index (χ4v) is 3.90. The molecule has 3 N–H and O–H groups in total. The van der Waals surface area contributed by atoms with Crippen molar-refractivity contribution in [1.29, 1.82) is 0 Å². The summed E-state index contributed by atoms with van der Waals surface area (Å²) in [6.07, 6.45) is 1.45. The fourth-order valence-electron chi connectivity index (χ4n) is 3.36. The van der Waals surface area contributed by atoms with Gasteiger partial charge in [0.05, 0.1) is 21.4 Å². The number of primary amides is 1. The first-order chi connectivity index (χ1) is 12.4. The van der Waals surface area contributed by atoms with Crippen LogP contribution in [0.4, 0.5) is 11.4 Å². The largest absolute Gasteiger partial charge is 0.465 e. The summed E-state index contributed by atoms with van der Waals surface area (Å²) in [5.41, 5.74) is 7.60. The zero-order chi connectivity index (χ0) is 18.8. The van der Waals surface area contributed by atoms with Gasteiger partial charge in [0.15, 0.2) is 0 Å². The van der Waals surface area contributed by atoms with E-state index in [1.165, 1.54) is 0 Å². The number of furan rings is 1. The smallest absolute Gasteiger partial charge is 0.260 e. The molecule has 1 aromatic carbocycles. The van der Waals surface area contributed by atoms with Crippen molar-refractivity contribution < 1.29 is 14.0 Å². The molecule has 1 aliphatic rings. The predicted molar refractivity (Wildman–Crippen MR) is 104 cm³/mol. The number of piperidine rings is 1. The summed E-state index contributed by atoms with van der Waals surface area (Å²) in [5, 5.41) is 2.99. The molecule has 0 unspecified atom stereocenters. The van der Waals surface area contributed by atoms with Crippen molar-refractivity contribution in [3.05, 3.63) is 45.8 Å². The van der Waals surface area contributed by atoms with E-state index in [2.05, 4.69) is 26.1 Å². The Balaban J connectivity index is 1.80. The van der Waals surface area contributed by atoms with E-state index in [1.54, 1.807) is 6.92 Å². The van der Waals surface area contributed by atoms with Crippen LogP contribution in [0.2, 0.25) is 0 Å². The molecule has 0 spiro atoms. The van der Waals surface area contributed by atoms with Crippen LogP contribution in [0.25, 0.3) is 0 Å². The standard InChI is InChI=1S/C19H22BrN3O3/c1-11-16(17(20)12(2)26-11)19(25)22-14-5-3-4-6-15(14)23-9-7-13(8-10-23)18(21)24/h3-6,13H,7-10H2,1-2H3,(H2,21,24)(H,22,25). The molecule has 6 nitrogen and oxygen atoms in total. The summed E-state index contributed by atoms with van der Waals surface area (Å²) in [6.45, 7) is 5.04. The number of carbonyl (C=O) groups excluding carboxylic acids is 2. The van der Waals surface area contributed by atoms with Crippen molar-refractivity contribution in [2.75, 3.05) is 23.3 Å². The maximum Gasteiger partial charge on any atom is 0.260 e. The van der Waals surface area contributed by atoms with Gasteiger partial charge in [-0.1, -0.05) is 12.1 Å². The molecule has 26 heavy (non-hydrogen) atoms. The first-order valence-corrected chi connectivity index (χ1v) is 9.38. The molecule has 0 radical (unpaired) electrons. The number of nitrogens with one attached hydrogen (secondary N) is 1. The van der Waals surface area contributed by atoms with Gasteiger partial charge in [0, 0.05) is 19.0 Å². The van der Waals surface area contributed by atoms with Crippen LogP contribution in [0.3, 0.4) is 0 Å². The van der Waals surface area contributed by atoms with E-state index in [9.17, 15) is 9.59 Å². The molecule has 1 aliphatic heterocycles. The molecule has 2 aromatic rings. The molecule has 7 heteroatoms. The zero-order valence-electron chi connectivity index (χ0n) is 14.8. The van der Waals surface area contributed by atoms with Crippen molar-refractivity contribution in [1.82, 2.24) is 0 Å². The lowest BCUT2D eigenvalue weighted by atomic mass is 9.96. The highest BCUT2D eigenvalue weighted by Crippen LogP contribution is 2.32. The molecule has 0 saturated carbocycles. The minimum atomic E-state index is -0.234. The average Bonchev–Trinajstić information content (AvgIpc) is 2.87. The third kappa shape index (κ3) is 3.62. The number of carbonyl (C=O) groups is 2. The van der Waals surface area contributed by atoms with E-state index in [-0.39, 0.29) is 17.7 Å². The molecule has 2 heterocycles. The van der Waals surface area contributed by atoms with Crippen LogP contribution < -0.4 is 16.0 Å². The third-order valence-electron chi connectivity index (χ3n) is 4.80. The van der Waals surface area contributed by atoms with Gasteiger partial charge in [-0.25, -0.2) is 0 Å². The average molecular weight is 420 g/mol. The van der Waals surface area contributed by atoms with Gasteiger partial charge in [0.25, 0.3) is 5.91 Å². The monoisotopic (exact) mass is 419 g/mol. The number of anilines is 2. The summed E-state index contributed by atoms with van der Waals surface area (Å²) >= 11 is 3.42. The molecule has 1 fully saturated rings. The molecule has 1 saturated heterocycles. The number of aryl methyl sites for hydroxylation is 2. The van der Waals surface area contributed by atoms with Gasteiger partial charge >= 0.3 is 0 Å². The molecular weight excluding hydrogens is 398 g/mol. The highest BCUT2D eigenvalue weighted by molar-refractivity contribution is 9.10. The number of rotatable bonds is 4. The Hall–Kier alpha value is -2.28. The second-order valence-electron chi connectivity index (χ2n) is 6.54. The number of nitrogens with two attached hydrogens (primary N) is 1. The van der Waals surface area contributed by atoms with Gasteiger partial charge in [-0.3, -0.25) is 9.59 Å². The highest BCUT2D eigenvalue weighted by Gasteiger charge is 2.25. The quantitative estimate of drug-likeness (QED) is 0.791. The second kappa shape index (κ2) is 7.53. The van der Waals surface area contributed by atoms with E-state index in [4.69, 9.17) is 10.2 Å². The Morgan fingerprint density at radius 3 is 2.42 bits per heavy atom. The minimum absolute atomic E-state index is 0.0690. The Kier molecular flexibility index (Phi) is 5.36. The lowest BCUT2D eigenvalue weighted by Crippen LogP contribution is -2.38. The molecule has 0 aliphatic carbocycles. The number of hydrogen-bond donors (Lipinski definition) is 2. The Labute approximate surface area is 160 Å². The van der Waals surface area contributed by atoms with E-state index in [1.807, 2.05) is 31.2 Å². The SMILES string of the molecule is Cc1oc(C)c(C(=O)Nc2ccccc2N2CCC(C(N)=O)CC2)c1Br.